The Hall–Kier alpha value is -3.82. The standard InChI is InChI=1S/C22H19F4N5O/c1-13-12-17(16-6-4-5-11-28-16)29-20(31(13)3)18(27-2)21(32)30-19(22(24,25)26)14-7-9-15(23)10-8-14/h4-12,19H,2H2,1,3H3,(H,30,32)/b20-18-. The first kappa shape index (κ1) is 22.9. The zero-order valence-corrected chi connectivity index (χ0v) is 17.2. The fourth-order valence-electron chi connectivity index (χ4n) is 2.99. The van der Waals surface area contributed by atoms with Crippen LogP contribution >= 0.6 is 0 Å². The van der Waals surface area contributed by atoms with E-state index in [0.29, 0.717) is 17.1 Å². The second kappa shape index (κ2) is 9.13. The molecule has 0 bridgehead atoms. The van der Waals surface area contributed by atoms with E-state index in [1.165, 1.54) is 4.90 Å². The summed E-state index contributed by atoms with van der Waals surface area (Å²) in [5.74, 6) is -1.82. The monoisotopic (exact) mass is 445 g/mol. The molecule has 1 aromatic heterocycles. The highest BCUT2D eigenvalue weighted by molar-refractivity contribution is 6.09. The lowest BCUT2D eigenvalue weighted by molar-refractivity contribution is -0.162. The van der Waals surface area contributed by atoms with E-state index in [1.807, 2.05) is 5.32 Å². The first-order chi connectivity index (χ1) is 15.1. The van der Waals surface area contributed by atoms with Gasteiger partial charge in [0, 0.05) is 18.9 Å². The molecule has 1 amide bonds. The molecule has 2 aromatic rings. The van der Waals surface area contributed by atoms with Gasteiger partial charge >= 0.3 is 6.18 Å². The van der Waals surface area contributed by atoms with Crippen molar-refractivity contribution in [1.82, 2.24) is 15.2 Å². The number of allylic oxidation sites excluding steroid dienone is 2. The van der Waals surface area contributed by atoms with Crippen LogP contribution in [0.2, 0.25) is 0 Å². The van der Waals surface area contributed by atoms with Crippen molar-refractivity contribution in [3.05, 3.63) is 89.0 Å². The topological polar surface area (TPSA) is 70.0 Å². The number of benzene rings is 1. The van der Waals surface area contributed by atoms with Crippen LogP contribution in [0.3, 0.4) is 0 Å². The smallest absolute Gasteiger partial charge is 0.335 e. The third kappa shape index (κ3) is 4.90. The number of carbonyl (C=O) groups is 1. The zero-order valence-electron chi connectivity index (χ0n) is 17.2. The molecule has 32 heavy (non-hydrogen) atoms. The van der Waals surface area contributed by atoms with Crippen molar-refractivity contribution in [2.75, 3.05) is 7.05 Å². The lowest BCUT2D eigenvalue weighted by Gasteiger charge is -2.27. The van der Waals surface area contributed by atoms with Gasteiger partial charge < -0.3 is 10.2 Å². The van der Waals surface area contributed by atoms with E-state index in [0.717, 1.165) is 24.3 Å². The van der Waals surface area contributed by atoms with Crippen molar-refractivity contribution in [1.29, 1.82) is 0 Å². The Morgan fingerprint density at radius 1 is 1.19 bits per heavy atom. The van der Waals surface area contributed by atoms with Crippen molar-refractivity contribution >= 4 is 18.3 Å². The molecular formula is C22H19F4N5O. The van der Waals surface area contributed by atoms with Crippen molar-refractivity contribution in [3.8, 4) is 0 Å². The van der Waals surface area contributed by atoms with E-state index >= 15 is 0 Å². The number of hydrogen-bond donors (Lipinski definition) is 1. The first-order valence-corrected chi connectivity index (χ1v) is 9.38. The largest absolute Gasteiger partial charge is 0.412 e. The summed E-state index contributed by atoms with van der Waals surface area (Å²) < 4.78 is 54.2. The number of nitrogens with zero attached hydrogens (tertiary/aromatic N) is 4. The molecular weight excluding hydrogens is 426 g/mol. The number of halogens is 4. The molecule has 1 atom stereocenters. The average molecular weight is 445 g/mol. The van der Waals surface area contributed by atoms with Crippen molar-refractivity contribution in [2.45, 2.75) is 19.1 Å². The maximum atomic E-state index is 13.7. The summed E-state index contributed by atoms with van der Waals surface area (Å²) in [5.41, 5.74) is 0.864. The maximum absolute atomic E-state index is 13.7. The summed E-state index contributed by atoms with van der Waals surface area (Å²) in [4.78, 5) is 26.6. The van der Waals surface area contributed by atoms with Gasteiger partial charge in [-0.2, -0.15) is 13.2 Å². The predicted octanol–water partition coefficient (Wildman–Crippen LogP) is 4.15. The van der Waals surface area contributed by atoms with Gasteiger partial charge in [0.15, 0.2) is 17.6 Å². The number of nitrogens with one attached hydrogen (secondary N) is 1. The molecule has 1 unspecified atom stereocenters. The van der Waals surface area contributed by atoms with E-state index in [2.05, 4.69) is 21.7 Å². The van der Waals surface area contributed by atoms with Crippen LogP contribution in [0.5, 0.6) is 0 Å². The van der Waals surface area contributed by atoms with Gasteiger partial charge in [0.1, 0.15) is 5.82 Å². The van der Waals surface area contributed by atoms with Crippen LogP contribution < -0.4 is 5.32 Å². The Morgan fingerprint density at radius 3 is 2.44 bits per heavy atom. The molecule has 0 spiro atoms. The van der Waals surface area contributed by atoms with Crippen LogP contribution in [0.25, 0.3) is 0 Å². The van der Waals surface area contributed by atoms with Crippen LogP contribution in [-0.2, 0) is 4.79 Å². The SMILES string of the molecule is C=N/C(C(=O)NC(c1ccc(F)cc1)C(F)(F)F)=C1/N=C(c2ccccn2)C=C(C)N1C. The van der Waals surface area contributed by atoms with Gasteiger partial charge in [0.2, 0.25) is 0 Å². The molecule has 1 N–H and O–H groups in total. The van der Waals surface area contributed by atoms with Crippen LogP contribution in [0.1, 0.15) is 24.2 Å². The van der Waals surface area contributed by atoms with Crippen LogP contribution in [-0.4, -0.2) is 41.4 Å². The Bertz CT molecular complexity index is 1110. The maximum Gasteiger partial charge on any atom is 0.412 e. The molecule has 0 radical (unpaired) electrons. The zero-order chi connectivity index (χ0) is 23.5. The van der Waals surface area contributed by atoms with Crippen molar-refractivity contribution in [2.24, 2.45) is 9.98 Å². The van der Waals surface area contributed by atoms with Gasteiger partial charge in [0.25, 0.3) is 5.91 Å². The van der Waals surface area contributed by atoms with Gasteiger partial charge in [-0.1, -0.05) is 18.2 Å². The highest BCUT2D eigenvalue weighted by Crippen LogP contribution is 2.33. The van der Waals surface area contributed by atoms with E-state index in [9.17, 15) is 22.4 Å². The second-order valence-electron chi connectivity index (χ2n) is 6.89. The fraction of sp³-hybridized carbons (Fsp3) is 0.182. The second-order valence-corrected chi connectivity index (χ2v) is 6.89. The molecule has 0 saturated carbocycles. The first-order valence-electron chi connectivity index (χ1n) is 9.38. The van der Waals surface area contributed by atoms with E-state index < -0.39 is 29.6 Å². The molecule has 1 aromatic carbocycles. The molecule has 1 aliphatic heterocycles. The average Bonchev–Trinajstić information content (AvgIpc) is 2.76. The molecule has 3 rings (SSSR count). The number of pyridine rings is 1. The van der Waals surface area contributed by atoms with Crippen LogP contribution in [0.15, 0.2) is 81.9 Å². The van der Waals surface area contributed by atoms with Gasteiger partial charge in [-0.05, 0) is 49.5 Å². The van der Waals surface area contributed by atoms with Crippen LogP contribution in [0.4, 0.5) is 17.6 Å². The Labute approximate surface area is 181 Å². The normalized spacial score (nSPS) is 16.6. The Morgan fingerprint density at radius 2 is 1.88 bits per heavy atom. The van der Waals surface area contributed by atoms with E-state index in [1.54, 1.807) is 44.4 Å². The molecule has 0 aliphatic carbocycles. The molecule has 0 saturated heterocycles. The number of rotatable bonds is 5. The number of aromatic nitrogens is 1. The third-order valence-corrected chi connectivity index (χ3v) is 4.74. The minimum absolute atomic E-state index is 0.0122. The lowest BCUT2D eigenvalue weighted by atomic mass is 10.1. The summed E-state index contributed by atoms with van der Waals surface area (Å²) in [6.07, 6.45) is -1.54. The van der Waals surface area contributed by atoms with E-state index in [4.69, 9.17) is 0 Å². The fourth-order valence-corrected chi connectivity index (χ4v) is 2.99. The molecule has 1 aliphatic rings. The predicted molar refractivity (Wildman–Crippen MR) is 112 cm³/mol. The molecule has 6 nitrogen and oxygen atoms in total. The van der Waals surface area contributed by atoms with Gasteiger partial charge in [-0.15, -0.1) is 0 Å². The number of aliphatic imine (C=N–C) groups is 2. The number of alkyl halides is 3. The molecule has 2 heterocycles. The summed E-state index contributed by atoms with van der Waals surface area (Å²) in [6.45, 7) is 5.08. The van der Waals surface area contributed by atoms with Gasteiger partial charge in [-0.25, -0.2) is 9.38 Å². The summed E-state index contributed by atoms with van der Waals surface area (Å²) in [7, 11) is 1.60. The minimum Gasteiger partial charge on any atom is -0.335 e. The highest BCUT2D eigenvalue weighted by atomic mass is 19.4. The summed E-state index contributed by atoms with van der Waals surface area (Å²) in [6, 6.07) is 6.50. The van der Waals surface area contributed by atoms with Gasteiger partial charge in [-0.3, -0.25) is 14.8 Å². The number of amides is 1. The number of hydrogen-bond acceptors (Lipinski definition) is 5. The highest BCUT2D eigenvalue weighted by Gasteiger charge is 2.42. The van der Waals surface area contributed by atoms with Crippen molar-refractivity contribution < 1.29 is 22.4 Å². The molecule has 166 valence electrons. The Kier molecular flexibility index (Phi) is 6.52. The summed E-state index contributed by atoms with van der Waals surface area (Å²) >= 11 is 0. The lowest BCUT2D eigenvalue weighted by Crippen LogP contribution is -2.39. The third-order valence-electron chi connectivity index (χ3n) is 4.74. The van der Waals surface area contributed by atoms with Crippen LogP contribution in [0, 0.1) is 5.82 Å². The summed E-state index contributed by atoms with van der Waals surface area (Å²) in [5, 5.41) is 1.92. The van der Waals surface area contributed by atoms with E-state index in [-0.39, 0.29) is 11.4 Å². The van der Waals surface area contributed by atoms with Crippen molar-refractivity contribution in [3.63, 3.8) is 0 Å². The Balaban J connectivity index is 2.02. The quantitative estimate of drug-likeness (QED) is 0.427. The molecule has 0 fully saturated rings. The number of carbonyl (C=O) groups excluding carboxylic acids is 1. The molecule has 10 heteroatoms. The van der Waals surface area contributed by atoms with Gasteiger partial charge in [0.05, 0.1) is 11.4 Å². The minimum atomic E-state index is -4.83.